The standard InChI is InChI=1S/C21H28O6Si.C16H14O5.C12H12O2.C4H2O3/c1-10-8-12-13(9-14(10)22)16-17(20(24)25)18(15(12)11(2)19(16)23)21(26)27-6-7-28(3,4)5;1-5-3-7-8(4-9(5)17)11-13-12(15(19)21-16(13)20)10(7)6(2)14(11)18;1-7-3-9-4-8(2)12(14)6-10(9)5-11(7)13;5-3-1-2-4(6)7-3/h8-9,11,15-18,22H,6-7H2,1-5H3,(H,24,25);3-4,6,10-13,17H,1-2H3;3-6,13-14H,1-2H3;1-2H. The molecular weight excluding hydrogens is 921 g/mol. The van der Waals surface area contributed by atoms with E-state index < -0.39 is 91.2 Å². The molecule has 16 nitrogen and oxygen atoms in total. The molecule has 3 fully saturated rings. The van der Waals surface area contributed by atoms with E-state index in [2.05, 4.69) is 24.4 Å². The number of fused-ring (bicyclic) bond motifs is 4. The quantitative estimate of drug-likeness (QED) is 0.0572. The second kappa shape index (κ2) is 19.0. The van der Waals surface area contributed by atoms with Gasteiger partial charge in [0.1, 0.15) is 34.6 Å². The number of rotatable bonds is 5. The van der Waals surface area contributed by atoms with Gasteiger partial charge in [-0.15, -0.1) is 0 Å². The minimum Gasteiger partial charge on any atom is -0.508 e. The van der Waals surface area contributed by atoms with Crippen molar-refractivity contribution in [2.75, 3.05) is 6.61 Å². The van der Waals surface area contributed by atoms with E-state index >= 15 is 0 Å². The Labute approximate surface area is 404 Å². The zero-order chi connectivity index (χ0) is 51.6. The summed E-state index contributed by atoms with van der Waals surface area (Å²) in [7, 11) is -1.40. The van der Waals surface area contributed by atoms with E-state index in [9.17, 15) is 63.9 Å². The fourth-order valence-corrected chi connectivity index (χ4v) is 11.5. The van der Waals surface area contributed by atoms with E-state index in [1.54, 1.807) is 52.0 Å². The number of ketones is 2. The van der Waals surface area contributed by atoms with Crippen molar-refractivity contribution >= 4 is 66.2 Å². The molecule has 4 aromatic carbocycles. The second-order valence-electron chi connectivity index (χ2n) is 20.3. The predicted molar refractivity (Wildman–Crippen MR) is 254 cm³/mol. The Morgan fingerprint density at radius 2 is 0.971 bits per heavy atom. The average Bonchev–Trinajstić information content (AvgIpc) is 3.80. The molecule has 12 rings (SSSR count). The van der Waals surface area contributed by atoms with Crippen LogP contribution < -0.4 is 0 Å². The predicted octanol–water partition coefficient (Wildman–Crippen LogP) is 7.21. The van der Waals surface area contributed by atoms with Crippen LogP contribution in [-0.4, -0.2) is 87.6 Å². The van der Waals surface area contributed by atoms with Gasteiger partial charge in [0.15, 0.2) is 0 Å². The van der Waals surface area contributed by atoms with Crippen molar-refractivity contribution in [2.45, 2.75) is 90.9 Å². The summed E-state index contributed by atoms with van der Waals surface area (Å²) < 4.78 is 14.3. The van der Waals surface area contributed by atoms with Crippen molar-refractivity contribution in [3.63, 3.8) is 0 Å². The average molecular weight is 977 g/mol. The fraction of sp³-hybridized carbons (Fsp3) is 0.396. The molecule has 368 valence electrons. The first-order valence-corrected chi connectivity index (χ1v) is 26.7. The Kier molecular flexibility index (Phi) is 13.8. The van der Waals surface area contributed by atoms with Gasteiger partial charge in [-0.05, 0) is 125 Å². The van der Waals surface area contributed by atoms with Crippen LogP contribution in [-0.2, 0) is 52.6 Å². The van der Waals surface area contributed by atoms with Crippen molar-refractivity contribution in [1.82, 2.24) is 0 Å². The third-order valence-electron chi connectivity index (χ3n) is 14.5. The van der Waals surface area contributed by atoms with Crippen LogP contribution >= 0.6 is 0 Å². The van der Waals surface area contributed by atoms with Gasteiger partial charge in [-0.3, -0.25) is 28.8 Å². The number of aryl methyl sites for hydroxylation is 4. The smallest absolute Gasteiger partial charge is 0.338 e. The second-order valence-corrected chi connectivity index (χ2v) is 25.9. The molecule has 10 atom stereocenters. The van der Waals surface area contributed by atoms with E-state index in [0.29, 0.717) is 22.3 Å². The third kappa shape index (κ3) is 9.33. The molecule has 2 aliphatic heterocycles. The van der Waals surface area contributed by atoms with Crippen molar-refractivity contribution in [1.29, 1.82) is 0 Å². The van der Waals surface area contributed by atoms with Gasteiger partial charge in [0.25, 0.3) is 0 Å². The summed E-state index contributed by atoms with van der Waals surface area (Å²) in [6, 6.07) is 14.6. The Morgan fingerprint density at radius 3 is 1.46 bits per heavy atom. The minimum atomic E-state index is -1.40. The molecule has 2 heterocycles. The zero-order valence-electron chi connectivity index (χ0n) is 40.2. The summed E-state index contributed by atoms with van der Waals surface area (Å²) in [6.07, 6.45) is 2.17. The number of carboxylic acids is 1. The van der Waals surface area contributed by atoms with Gasteiger partial charge in [0.05, 0.1) is 42.1 Å². The van der Waals surface area contributed by atoms with Crippen LogP contribution in [0.1, 0.15) is 82.0 Å². The van der Waals surface area contributed by atoms with Crippen LogP contribution in [0, 0.1) is 63.2 Å². The molecule has 0 radical (unpaired) electrons. The fourth-order valence-electron chi connectivity index (χ4n) is 10.8. The number of benzene rings is 4. The highest BCUT2D eigenvalue weighted by Gasteiger charge is 2.64. The molecule has 6 aliphatic carbocycles. The molecule has 8 aliphatic rings. The number of cyclic esters (lactones) is 4. The summed E-state index contributed by atoms with van der Waals surface area (Å²) in [4.78, 5) is 94.3. The molecule has 1 saturated heterocycles. The monoisotopic (exact) mass is 976 g/mol. The van der Waals surface area contributed by atoms with Crippen LogP contribution in [0.2, 0.25) is 25.7 Å². The van der Waals surface area contributed by atoms with Gasteiger partial charge >= 0.3 is 35.8 Å². The highest BCUT2D eigenvalue weighted by Crippen LogP contribution is 2.60. The van der Waals surface area contributed by atoms with E-state index in [1.807, 2.05) is 32.0 Å². The number of hydrogen-bond acceptors (Lipinski definition) is 15. The summed E-state index contributed by atoms with van der Waals surface area (Å²) in [5, 5.41) is 50.8. The number of phenolic OH excluding ortho intramolecular Hbond substituents is 4. The van der Waals surface area contributed by atoms with Gasteiger partial charge in [-0.25, -0.2) is 9.59 Å². The maximum absolute atomic E-state index is 13.0. The molecule has 0 aromatic heterocycles. The highest BCUT2D eigenvalue weighted by molar-refractivity contribution is 6.76. The summed E-state index contributed by atoms with van der Waals surface area (Å²) >= 11 is 0. The summed E-state index contributed by atoms with van der Waals surface area (Å²) in [5.41, 5.74) is 5.95. The van der Waals surface area contributed by atoms with E-state index in [0.717, 1.165) is 51.2 Å². The van der Waals surface area contributed by atoms with Gasteiger partial charge in [-0.2, -0.15) is 0 Å². The summed E-state index contributed by atoms with van der Waals surface area (Å²) in [5.74, 6) is -10.1. The van der Waals surface area contributed by atoms with Crippen molar-refractivity contribution in [3.05, 3.63) is 105 Å². The lowest BCUT2D eigenvalue weighted by Gasteiger charge is -2.49. The maximum atomic E-state index is 13.0. The zero-order valence-corrected chi connectivity index (χ0v) is 41.2. The number of carbonyl (C=O) groups excluding carboxylic acids is 7. The molecule has 10 unspecified atom stereocenters. The van der Waals surface area contributed by atoms with Crippen molar-refractivity contribution < 1.29 is 78.1 Å². The lowest BCUT2D eigenvalue weighted by molar-refractivity contribution is -0.166. The van der Waals surface area contributed by atoms with Gasteiger partial charge in [-0.1, -0.05) is 45.6 Å². The molecule has 5 N–H and O–H groups in total. The van der Waals surface area contributed by atoms with E-state index in [4.69, 9.17) is 9.47 Å². The first kappa shape index (κ1) is 50.7. The number of carboxylic acid groups (broad SMARTS) is 1. The number of phenols is 4. The van der Waals surface area contributed by atoms with Gasteiger partial charge in [0, 0.05) is 43.9 Å². The van der Waals surface area contributed by atoms with Crippen LogP contribution in [0.15, 0.2) is 60.7 Å². The van der Waals surface area contributed by atoms with Gasteiger partial charge in [0.2, 0.25) is 0 Å². The highest BCUT2D eigenvalue weighted by atomic mass is 28.3. The molecule has 17 heteroatoms. The van der Waals surface area contributed by atoms with Crippen molar-refractivity contribution in [3.8, 4) is 23.0 Å². The molecule has 0 spiro atoms. The number of Topliss-reactive ketones (excluding diaryl/α,β-unsaturated/α-hetero) is 2. The molecule has 70 heavy (non-hydrogen) atoms. The molecule has 4 aromatic rings. The molecule has 2 saturated carbocycles. The molecule has 0 amide bonds. The first-order valence-electron chi connectivity index (χ1n) is 23.0. The third-order valence-corrected chi connectivity index (χ3v) is 16.2. The lowest BCUT2D eigenvalue weighted by Crippen LogP contribution is -2.54. The Morgan fingerprint density at radius 1 is 0.543 bits per heavy atom. The Bertz CT molecular complexity index is 2840. The number of aliphatic carboxylic acids is 1. The Hall–Kier alpha value is -7.14. The number of carbonyl (C=O) groups is 8. The lowest BCUT2D eigenvalue weighted by atomic mass is 9.52. The van der Waals surface area contributed by atoms with Crippen LogP contribution in [0.4, 0.5) is 0 Å². The number of ether oxygens (including phenoxy) is 3. The SMILES string of the molecule is Cc1cc2c(cc1O)C1C(=O)C(C)C2C(C(=O)OCC[Si](C)(C)C)C1C(=O)O.Cc1cc2c(cc1O)C1C(=O)C(C)C2C2C(=O)OC(=O)C12.Cc1cc2cc(C)c(O)cc2cc1O.O=C1C=CC(=O)O1. The van der Waals surface area contributed by atoms with E-state index in [1.165, 1.54) is 6.07 Å². The van der Waals surface area contributed by atoms with E-state index in [-0.39, 0.29) is 53.0 Å². The first-order chi connectivity index (χ1) is 32.7. The maximum Gasteiger partial charge on any atom is 0.338 e. The van der Waals surface area contributed by atoms with Crippen LogP contribution in [0.5, 0.6) is 23.0 Å². The van der Waals surface area contributed by atoms with Crippen LogP contribution in [0.25, 0.3) is 10.8 Å². The number of aromatic hydroxyl groups is 4. The topological polar surface area (TPSA) is 265 Å². The molecule has 4 bridgehead atoms. The number of esters is 5. The minimum absolute atomic E-state index is 0.0326. The van der Waals surface area contributed by atoms with Crippen molar-refractivity contribution in [2.24, 2.45) is 35.5 Å². The van der Waals surface area contributed by atoms with Gasteiger partial charge < -0.3 is 39.7 Å². The molecular formula is C53H56O16Si. The normalized spacial score (nSPS) is 26.4. The Balaban J connectivity index is 0.000000150. The number of hydrogen-bond donors (Lipinski definition) is 5. The largest absolute Gasteiger partial charge is 0.508 e. The van der Waals surface area contributed by atoms with Crippen LogP contribution in [0.3, 0.4) is 0 Å². The summed E-state index contributed by atoms with van der Waals surface area (Å²) in [6.45, 7) is 17.6.